The molecule has 0 radical (unpaired) electrons. The van der Waals surface area contributed by atoms with Gasteiger partial charge in [-0.05, 0) is 20.3 Å². The zero-order valence-electron chi connectivity index (χ0n) is 12.4. The Labute approximate surface area is 122 Å². The second-order valence-electron chi connectivity index (χ2n) is 4.74. The van der Waals surface area contributed by atoms with Crippen molar-refractivity contribution in [3.8, 4) is 0 Å². The molecule has 2 aromatic heterocycles. The van der Waals surface area contributed by atoms with Crippen molar-refractivity contribution in [2.24, 2.45) is 0 Å². The minimum atomic E-state index is -0.452. The Morgan fingerprint density at radius 3 is 2.71 bits per heavy atom. The lowest BCUT2D eigenvalue weighted by atomic mass is 10.2. The first-order chi connectivity index (χ1) is 10.0. The van der Waals surface area contributed by atoms with E-state index in [1.165, 1.54) is 4.57 Å². The highest BCUT2D eigenvalue weighted by atomic mass is 16.2. The first-order valence-electron chi connectivity index (χ1n) is 6.94. The molecule has 0 bridgehead atoms. The van der Waals surface area contributed by atoms with Crippen LogP contribution in [0.4, 0.5) is 5.82 Å². The van der Waals surface area contributed by atoms with Gasteiger partial charge in [-0.1, -0.05) is 6.92 Å². The summed E-state index contributed by atoms with van der Waals surface area (Å²) in [6.07, 6.45) is 2.13. The molecule has 0 saturated heterocycles. The summed E-state index contributed by atoms with van der Waals surface area (Å²) < 4.78 is 1.42. The summed E-state index contributed by atoms with van der Waals surface area (Å²) in [5, 5.41) is 3.12. The number of anilines is 1. The molecule has 2 aromatic rings. The van der Waals surface area contributed by atoms with Crippen molar-refractivity contribution < 1.29 is 0 Å². The second kappa shape index (κ2) is 6.34. The summed E-state index contributed by atoms with van der Waals surface area (Å²) in [4.78, 5) is 34.4. The molecule has 0 amide bonds. The molecule has 0 spiro atoms. The molecule has 0 aromatic carbocycles. The Morgan fingerprint density at radius 2 is 2.05 bits per heavy atom. The Morgan fingerprint density at radius 1 is 1.29 bits per heavy atom. The zero-order valence-corrected chi connectivity index (χ0v) is 12.4. The smallest absolute Gasteiger partial charge is 0.328 e. The highest BCUT2D eigenvalue weighted by Gasteiger charge is 2.07. The first kappa shape index (κ1) is 15.0. The van der Waals surface area contributed by atoms with Crippen LogP contribution in [0.15, 0.2) is 21.9 Å². The van der Waals surface area contributed by atoms with E-state index in [4.69, 9.17) is 0 Å². The van der Waals surface area contributed by atoms with E-state index in [2.05, 4.69) is 20.3 Å². The van der Waals surface area contributed by atoms with Gasteiger partial charge in [-0.25, -0.2) is 14.8 Å². The Kier molecular flexibility index (Phi) is 4.52. The standard InChI is InChI=1S/C14H19N5O2/c1-4-10-7-19(14(21)18-13(10)20)8-12-16-9(3)6-11(17-12)15-5-2/h6-7H,4-5,8H2,1-3H3,(H,15,16,17)(H,18,20,21). The Bertz CT molecular complexity index is 748. The van der Waals surface area contributed by atoms with Crippen LogP contribution >= 0.6 is 0 Å². The van der Waals surface area contributed by atoms with E-state index in [0.717, 1.165) is 18.1 Å². The van der Waals surface area contributed by atoms with Gasteiger partial charge in [-0.15, -0.1) is 0 Å². The van der Waals surface area contributed by atoms with Crippen molar-refractivity contribution in [1.29, 1.82) is 0 Å². The Balaban J connectivity index is 2.38. The molecule has 21 heavy (non-hydrogen) atoms. The van der Waals surface area contributed by atoms with E-state index in [-0.39, 0.29) is 12.1 Å². The Hall–Kier alpha value is -2.44. The fourth-order valence-corrected chi connectivity index (χ4v) is 2.05. The molecule has 2 N–H and O–H groups in total. The predicted molar refractivity (Wildman–Crippen MR) is 80.7 cm³/mol. The van der Waals surface area contributed by atoms with E-state index in [9.17, 15) is 9.59 Å². The van der Waals surface area contributed by atoms with Gasteiger partial charge in [0.2, 0.25) is 0 Å². The van der Waals surface area contributed by atoms with Crippen LogP contribution in [-0.2, 0) is 13.0 Å². The van der Waals surface area contributed by atoms with Crippen molar-refractivity contribution >= 4 is 5.82 Å². The van der Waals surface area contributed by atoms with E-state index >= 15 is 0 Å². The molecule has 0 aliphatic carbocycles. The highest BCUT2D eigenvalue weighted by molar-refractivity contribution is 5.35. The SMILES string of the molecule is CCNc1cc(C)nc(Cn2cc(CC)c(=O)[nH]c2=O)n1. The number of nitrogens with one attached hydrogen (secondary N) is 2. The lowest BCUT2D eigenvalue weighted by Gasteiger charge is -2.09. The van der Waals surface area contributed by atoms with Crippen molar-refractivity contribution in [3.05, 3.63) is 50.2 Å². The van der Waals surface area contributed by atoms with Crippen LogP contribution in [0, 0.1) is 6.92 Å². The third-order valence-corrected chi connectivity index (χ3v) is 3.04. The number of hydrogen-bond donors (Lipinski definition) is 2. The van der Waals surface area contributed by atoms with Crippen LogP contribution in [-0.4, -0.2) is 26.1 Å². The highest BCUT2D eigenvalue weighted by Crippen LogP contribution is 2.06. The largest absolute Gasteiger partial charge is 0.370 e. The summed E-state index contributed by atoms with van der Waals surface area (Å²) in [5.74, 6) is 1.26. The van der Waals surface area contributed by atoms with E-state index in [1.54, 1.807) is 6.20 Å². The molecule has 0 saturated carbocycles. The van der Waals surface area contributed by atoms with Gasteiger partial charge in [0.05, 0.1) is 6.54 Å². The van der Waals surface area contributed by atoms with Crippen molar-refractivity contribution in [2.75, 3.05) is 11.9 Å². The number of hydrogen-bond acceptors (Lipinski definition) is 5. The number of H-pyrrole nitrogens is 1. The number of aromatic nitrogens is 4. The van der Waals surface area contributed by atoms with Gasteiger partial charge in [-0.2, -0.15) is 0 Å². The van der Waals surface area contributed by atoms with Gasteiger partial charge in [0.15, 0.2) is 5.82 Å². The van der Waals surface area contributed by atoms with Gasteiger partial charge in [0.25, 0.3) is 5.56 Å². The normalized spacial score (nSPS) is 10.6. The third-order valence-electron chi connectivity index (χ3n) is 3.04. The van der Waals surface area contributed by atoms with Crippen LogP contribution < -0.4 is 16.6 Å². The molecule has 0 aliphatic rings. The summed E-state index contributed by atoms with van der Waals surface area (Å²) in [6, 6.07) is 1.85. The van der Waals surface area contributed by atoms with Gasteiger partial charge >= 0.3 is 5.69 Å². The predicted octanol–water partition coefficient (Wildman–Crippen LogP) is 0.678. The minimum absolute atomic E-state index is 0.225. The lowest BCUT2D eigenvalue weighted by Crippen LogP contribution is -2.32. The second-order valence-corrected chi connectivity index (χ2v) is 4.74. The summed E-state index contributed by atoms with van der Waals surface area (Å²) in [7, 11) is 0. The van der Waals surface area contributed by atoms with Crippen molar-refractivity contribution in [1.82, 2.24) is 19.5 Å². The molecular formula is C14H19N5O2. The molecule has 7 nitrogen and oxygen atoms in total. The van der Waals surface area contributed by atoms with Crippen LogP contribution in [0.5, 0.6) is 0 Å². The maximum atomic E-state index is 11.8. The molecule has 0 aliphatic heterocycles. The molecule has 7 heteroatoms. The number of aromatic amines is 1. The van der Waals surface area contributed by atoms with Gasteiger partial charge in [-0.3, -0.25) is 14.3 Å². The van der Waals surface area contributed by atoms with Gasteiger partial charge < -0.3 is 5.32 Å². The summed E-state index contributed by atoms with van der Waals surface area (Å²) >= 11 is 0. The average Bonchev–Trinajstić information content (AvgIpc) is 2.41. The van der Waals surface area contributed by atoms with Crippen molar-refractivity contribution in [2.45, 2.75) is 33.7 Å². The lowest BCUT2D eigenvalue weighted by molar-refractivity contribution is 0.674. The monoisotopic (exact) mass is 289 g/mol. The van der Waals surface area contributed by atoms with Crippen LogP contribution in [0.3, 0.4) is 0 Å². The maximum Gasteiger partial charge on any atom is 0.328 e. The maximum absolute atomic E-state index is 11.8. The van der Waals surface area contributed by atoms with Crippen LogP contribution in [0.2, 0.25) is 0 Å². The molecule has 112 valence electrons. The van der Waals surface area contributed by atoms with E-state index < -0.39 is 5.69 Å². The fraction of sp³-hybridized carbons (Fsp3) is 0.429. The van der Waals surface area contributed by atoms with Gasteiger partial charge in [0.1, 0.15) is 5.82 Å². The van der Waals surface area contributed by atoms with Crippen molar-refractivity contribution in [3.63, 3.8) is 0 Å². The molecule has 0 unspecified atom stereocenters. The summed E-state index contributed by atoms with van der Waals surface area (Å²) in [5.41, 5.74) is 0.600. The molecule has 2 heterocycles. The zero-order chi connectivity index (χ0) is 15.4. The number of aryl methyl sites for hydroxylation is 2. The third kappa shape index (κ3) is 3.56. The number of rotatable bonds is 5. The average molecular weight is 289 g/mol. The molecule has 0 fully saturated rings. The first-order valence-corrected chi connectivity index (χ1v) is 6.94. The van der Waals surface area contributed by atoms with Crippen LogP contribution in [0.25, 0.3) is 0 Å². The minimum Gasteiger partial charge on any atom is -0.370 e. The summed E-state index contributed by atoms with van der Waals surface area (Å²) in [6.45, 7) is 6.71. The van der Waals surface area contributed by atoms with Gasteiger partial charge in [0, 0.05) is 30.1 Å². The molecule has 2 rings (SSSR count). The van der Waals surface area contributed by atoms with E-state index in [1.807, 2.05) is 26.8 Å². The quantitative estimate of drug-likeness (QED) is 0.844. The van der Waals surface area contributed by atoms with E-state index in [0.29, 0.717) is 17.8 Å². The topological polar surface area (TPSA) is 92.7 Å². The number of nitrogens with zero attached hydrogens (tertiary/aromatic N) is 3. The molecule has 0 atom stereocenters. The van der Waals surface area contributed by atoms with Crippen LogP contribution in [0.1, 0.15) is 30.9 Å². The molecular weight excluding hydrogens is 270 g/mol. The fourth-order valence-electron chi connectivity index (χ4n) is 2.05.